The molecule has 0 fully saturated rings. The van der Waals surface area contributed by atoms with Gasteiger partial charge in [0.1, 0.15) is 0 Å². The molecule has 0 aromatic heterocycles. The smallest absolute Gasteiger partial charge is 0.000139 e. The van der Waals surface area contributed by atoms with Gasteiger partial charge in [0.05, 0.1) is 0 Å². The Balaban J connectivity index is 0.000000658. The number of hydrogen-bond donors (Lipinski definition) is 0. The molecule has 0 amide bonds. The van der Waals surface area contributed by atoms with Crippen LogP contribution in [0.1, 0.15) is 55.4 Å². The van der Waals surface area contributed by atoms with Crippen molar-refractivity contribution in [1.82, 2.24) is 0 Å². The van der Waals surface area contributed by atoms with E-state index in [1.54, 1.807) is 0 Å². The van der Waals surface area contributed by atoms with Gasteiger partial charge in [-0.25, -0.2) is 0 Å². The molecule has 8 aromatic carbocycles. The van der Waals surface area contributed by atoms with E-state index < -0.39 is 0 Å². The summed E-state index contributed by atoms with van der Waals surface area (Å²) in [5.74, 6) is 0. The van der Waals surface area contributed by atoms with Gasteiger partial charge in [-0.15, -0.1) is 0 Å². The third-order valence-corrected chi connectivity index (χ3v) is 8.43. The first-order valence-corrected chi connectivity index (χ1v) is 18.5. The van der Waals surface area contributed by atoms with E-state index in [0.717, 1.165) is 0 Å². The molecular weight excluding hydrogens is 601 g/mol. The highest BCUT2D eigenvalue weighted by Crippen LogP contribution is 2.53. The second-order valence-corrected chi connectivity index (χ2v) is 10.8. The Hall–Kier alpha value is -5.46. The second-order valence-electron chi connectivity index (χ2n) is 10.8. The van der Waals surface area contributed by atoms with Crippen molar-refractivity contribution in [2.24, 2.45) is 0 Å². The van der Waals surface area contributed by atoms with Crippen molar-refractivity contribution in [2.75, 3.05) is 0 Å². The first-order chi connectivity index (χ1) is 24.9. The lowest BCUT2D eigenvalue weighted by Gasteiger charge is -2.25. The van der Waals surface area contributed by atoms with Crippen molar-refractivity contribution in [3.8, 4) is 44.5 Å². The quantitative estimate of drug-likeness (QED) is 0.166. The zero-order valence-electron chi connectivity index (χ0n) is 31.2. The molecule has 0 N–H and O–H groups in total. The van der Waals surface area contributed by atoms with Crippen LogP contribution in [0.25, 0.3) is 76.8 Å². The summed E-state index contributed by atoms with van der Waals surface area (Å²) in [5.41, 5.74) is 10.0. The van der Waals surface area contributed by atoms with E-state index in [4.69, 9.17) is 0 Å². The van der Waals surface area contributed by atoms with E-state index in [1.807, 2.05) is 55.4 Å². The van der Waals surface area contributed by atoms with Gasteiger partial charge in [-0.2, -0.15) is 0 Å². The molecule has 0 radical (unpaired) electrons. The van der Waals surface area contributed by atoms with Crippen molar-refractivity contribution >= 4 is 32.3 Å². The number of rotatable bonds is 4. The largest absolute Gasteiger partial charge is 0.0683 e. The summed E-state index contributed by atoms with van der Waals surface area (Å²) >= 11 is 0. The standard InChI is InChI=1S/C42H28.4C2H6/c1-5-17-29(18-6-1)37-33-25-13-14-26-34(33)39(31-21-9-3-10-22-31)42-40(32-23-11-4-12-24-32)36-28-16-15-27-35(36)38(41(37)42)30-19-7-2-8-20-30;4*1-2/h1-28H;4*1-2H3. The molecule has 8 aromatic rings. The van der Waals surface area contributed by atoms with E-state index in [0.29, 0.717) is 0 Å². The molecule has 0 nitrogen and oxygen atoms in total. The molecular formula is C50H52. The lowest BCUT2D eigenvalue weighted by Crippen LogP contribution is -1.97. The van der Waals surface area contributed by atoms with Gasteiger partial charge < -0.3 is 0 Å². The number of fused-ring (bicyclic) bond motifs is 3. The fourth-order valence-corrected chi connectivity index (χ4v) is 6.75. The van der Waals surface area contributed by atoms with Gasteiger partial charge in [0.15, 0.2) is 0 Å². The molecule has 0 saturated carbocycles. The van der Waals surface area contributed by atoms with Crippen molar-refractivity contribution < 1.29 is 0 Å². The highest BCUT2D eigenvalue weighted by Gasteiger charge is 2.25. The van der Waals surface area contributed by atoms with E-state index in [1.165, 1.54) is 76.8 Å². The van der Waals surface area contributed by atoms with Gasteiger partial charge in [-0.05, 0) is 76.8 Å². The minimum Gasteiger partial charge on any atom is -0.0683 e. The van der Waals surface area contributed by atoms with Crippen molar-refractivity contribution in [3.63, 3.8) is 0 Å². The molecule has 0 heteroatoms. The Morgan fingerprint density at radius 2 is 0.360 bits per heavy atom. The van der Waals surface area contributed by atoms with E-state index in [9.17, 15) is 0 Å². The minimum absolute atomic E-state index is 1.23. The van der Waals surface area contributed by atoms with Gasteiger partial charge in [0.25, 0.3) is 0 Å². The highest BCUT2D eigenvalue weighted by atomic mass is 14.3. The molecule has 0 aliphatic carbocycles. The maximum absolute atomic E-state index is 2.30. The summed E-state index contributed by atoms with van der Waals surface area (Å²) in [6.45, 7) is 16.0. The average molecular weight is 653 g/mol. The van der Waals surface area contributed by atoms with Gasteiger partial charge in [-0.3, -0.25) is 0 Å². The monoisotopic (exact) mass is 652 g/mol. The van der Waals surface area contributed by atoms with Crippen LogP contribution >= 0.6 is 0 Å². The van der Waals surface area contributed by atoms with Crippen molar-refractivity contribution in [1.29, 1.82) is 0 Å². The van der Waals surface area contributed by atoms with Gasteiger partial charge in [0, 0.05) is 0 Å². The van der Waals surface area contributed by atoms with Gasteiger partial charge >= 0.3 is 0 Å². The maximum atomic E-state index is 2.30. The van der Waals surface area contributed by atoms with Crippen LogP contribution in [0.3, 0.4) is 0 Å². The zero-order chi connectivity index (χ0) is 35.9. The van der Waals surface area contributed by atoms with Crippen LogP contribution in [0.2, 0.25) is 0 Å². The predicted octanol–water partition coefficient (Wildman–Crippen LogP) is 15.9. The first kappa shape index (κ1) is 37.4. The molecule has 0 bridgehead atoms. The predicted molar refractivity (Wildman–Crippen MR) is 226 cm³/mol. The third-order valence-electron chi connectivity index (χ3n) is 8.43. The molecule has 0 unspecified atom stereocenters. The van der Waals surface area contributed by atoms with Crippen molar-refractivity contribution in [2.45, 2.75) is 55.4 Å². The number of benzene rings is 8. The summed E-state index contributed by atoms with van der Waals surface area (Å²) in [6, 6.07) is 61.7. The van der Waals surface area contributed by atoms with Crippen LogP contribution in [0.15, 0.2) is 170 Å². The van der Waals surface area contributed by atoms with Crippen LogP contribution in [-0.2, 0) is 0 Å². The van der Waals surface area contributed by atoms with E-state index in [-0.39, 0.29) is 0 Å². The first-order valence-electron chi connectivity index (χ1n) is 18.5. The summed E-state index contributed by atoms with van der Waals surface area (Å²) in [4.78, 5) is 0. The molecule has 252 valence electrons. The van der Waals surface area contributed by atoms with Crippen molar-refractivity contribution in [3.05, 3.63) is 170 Å². The van der Waals surface area contributed by atoms with E-state index in [2.05, 4.69) is 170 Å². The zero-order valence-corrected chi connectivity index (χ0v) is 31.2. The van der Waals surface area contributed by atoms with Gasteiger partial charge in [-0.1, -0.05) is 225 Å². The Morgan fingerprint density at radius 3 is 0.540 bits per heavy atom. The van der Waals surface area contributed by atoms with Crippen LogP contribution in [-0.4, -0.2) is 0 Å². The SMILES string of the molecule is CC.CC.CC.CC.c1ccc(-c2c3ccccc3c(-c3ccccc3)c3c(-c4ccccc4)c4ccccc4c(-c4ccccc4)c23)cc1. The maximum Gasteiger partial charge on any atom is -0.000139 e. The van der Waals surface area contributed by atoms with Crippen LogP contribution < -0.4 is 0 Å². The Kier molecular flexibility index (Phi) is 14.1. The number of hydrogen-bond acceptors (Lipinski definition) is 0. The second kappa shape index (κ2) is 18.9. The Labute approximate surface area is 301 Å². The minimum atomic E-state index is 1.23. The average Bonchev–Trinajstić information content (AvgIpc) is 3.23. The topological polar surface area (TPSA) is 0 Å². The normalized spacial score (nSPS) is 10.0. The third kappa shape index (κ3) is 7.26. The molecule has 0 spiro atoms. The lowest BCUT2D eigenvalue weighted by atomic mass is 9.77. The van der Waals surface area contributed by atoms with Crippen LogP contribution in [0.4, 0.5) is 0 Å². The van der Waals surface area contributed by atoms with Crippen LogP contribution in [0.5, 0.6) is 0 Å². The molecule has 0 heterocycles. The summed E-state index contributed by atoms with van der Waals surface area (Å²) in [6.07, 6.45) is 0. The lowest BCUT2D eigenvalue weighted by molar-refractivity contribution is 1.50. The fourth-order valence-electron chi connectivity index (χ4n) is 6.75. The molecule has 50 heavy (non-hydrogen) atoms. The molecule has 0 aliphatic heterocycles. The molecule has 0 aliphatic rings. The van der Waals surface area contributed by atoms with E-state index >= 15 is 0 Å². The summed E-state index contributed by atoms with van der Waals surface area (Å²) < 4.78 is 0. The Morgan fingerprint density at radius 1 is 0.200 bits per heavy atom. The van der Waals surface area contributed by atoms with Crippen LogP contribution in [0, 0.1) is 0 Å². The molecule has 0 atom stereocenters. The van der Waals surface area contributed by atoms with Gasteiger partial charge in [0.2, 0.25) is 0 Å². The summed E-state index contributed by atoms with van der Waals surface area (Å²) in [5, 5.41) is 7.65. The Bertz CT molecular complexity index is 1880. The molecule has 0 saturated heterocycles. The molecule has 8 rings (SSSR count). The summed E-state index contributed by atoms with van der Waals surface area (Å²) in [7, 11) is 0. The highest BCUT2D eigenvalue weighted by molar-refractivity contribution is 6.33. The fraction of sp³-hybridized carbons (Fsp3) is 0.160.